The molecule has 0 spiro atoms. The van der Waals surface area contributed by atoms with Crippen molar-refractivity contribution in [3.05, 3.63) is 0 Å². The number of ether oxygens (including phenoxy) is 2. The van der Waals surface area contributed by atoms with Gasteiger partial charge in [-0.1, -0.05) is 0 Å². The van der Waals surface area contributed by atoms with Gasteiger partial charge in [-0.15, -0.1) is 0 Å². The van der Waals surface area contributed by atoms with Gasteiger partial charge in [0.15, 0.2) is 0 Å². The smallest absolute Gasteiger partial charge is 0.0897 e. The molecule has 5 heteroatoms. The van der Waals surface area contributed by atoms with E-state index in [1.165, 1.54) is 0 Å². The molecular formula is C9H21NO4. The molecule has 0 aromatic carbocycles. The second kappa shape index (κ2) is 10.9. The zero-order valence-electron chi connectivity index (χ0n) is 8.74. The van der Waals surface area contributed by atoms with Crippen LogP contribution in [0.2, 0.25) is 0 Å². The van der Waals surface area contributed by atoms with Gasteiger partial charge in [0.1, 0.15) is 0 Å². The van der Waals surface area contributed by atoms with Crippen LogP contribution in [0.25, 0.3) is 0 Å². The molecule has 0 aromatic heterocycles. The zero-order valence-corrected chi connectivity index (χ0v) is 8.74. The molecule has 0 aliphatic rings. The van der Waals surface area contributed by atoms with Crippen molar-refractivity contribution in [2.75, 3.05) is 46.6 Å². The molecule has 0 radical (unpaired) electrons. The summed E-state index contributed by atoms with van der Waals surface area (Å²) in [5.74, 6) is 0. The zero-order chi connectivity index (χ0) is 10.6. The van der Waals surface area contributed by atoms with Gasteiger partial charge >= 0.3 is 0 Å². The summed E-state index contributed by atoms with van der Waals surface area (Å²) in [6.07, 6.45) is 0.211. The van der Waals surface area contributed by atoms with E-state index in [2.05, 4.69) is 5.32 Å². The Kier molecular flexibility index (Phi) is 10.7. The first-order valence-corrected chi connectivity index (χ1v) is 4.87. The molecule has 3 N–H and O–H groups in total. The Balaban J connectivity index is 3.07. The molecule has 0 heterocycles. The van der Waals surface area contributed by atoms with Crippen molar-refractivity contribution >= 4 is 0 Å². The lowest BCUT2D eigenvalue weighted by Gasteiger charge is -2.11. The number of hydrogen-bond donors (Lipinski definition) is 3. The van der Waals surface area contributed by atoms with Crippen molar-refractivity contribution in [1.82, 2.24) is 5.32 Å². The van der Waals surface area contributed by atoms with Crippen LogP contribution in [0.3, 0.4) is 0 Å². The summed E-state index contributed by atoms with van der Waals surface area (Å²) in [7, 11) is 1.61. The Morgan fingerprint density at radius 3 is 2.79 bits per heavy atom. The van der Waals surface area contributed by atoms with Crippen molar-refractivity contribution in [1.29, 1.82) is 0 Å². The van der Waals surface area contributed by atoms with E-state index < -0.39 is 6.10 Å². The fourth-order valence-corrected chi connectivity index (χ4v) is 0.893. The molecule has 0 saturated carbocycles. The molecule has 14 heavy (non-hydrogen) atoms. The minimum absolute atomic E-state index is 0.174. The predicted molar refractivity (Wildman–Crippen MR) is 53.3 cm³/mol. The highest BCUT2D eigenvalue weighted by Crippen LogP contribution is 1.84. The van der Waals surface area contributed by atoms with Crippen molar-refractivity contribution in [3.8, 4) is 0 Å². The highest BCUT2D eigenvalue weighted by atomic mass is 16.5. The average Bonchev–Trinajstić information content (AvgIpc) is 2.19. The van der Waals surface area contributed by atoms with Gasteiger partial charge in [0.05, 0.1) is 25.9 Å². The second-order valence-corrected chi connectivity index (χ2v) is 3.00. The van der Waals surface area contributed by atoms with E-state index in [-0.39, 0.29) is 6.61 Å². The molecule has 0 aliphatic heterocycles. The summed E-state index contributed by atoms with van der Waals surface area (Å²) in [4.78, 5) is 0. The standard InChI is InChI=1S/C9H21NO4/c1-13-5-6-14-8-9(12)7-10-3-2-4-11/h9-12H,2-8H2,1H3. The van der Waals surface area contributed by atoms with E-state index in [9.17, 15) is 5.11 Å². The normalized spacial score (nSPS) is 13.1. The van der Waals surface area contributed by atoms with E-state index in [4.69, 9.17) is 14.6 Å². The molecule has 1 unspecified atom stereocenters. The number of aliphatic hydroxyl groups is 2. The molecule has 0 rings (SSSR count). The van der Waals surface area contributed by atoms with E-state index in [1.807, 2.05) is 0 Å². The Morgan fingerprint density at radius 2 is 2.14 bits per heavy atom. The van der Waals surface area contributed by atoms with Crippen LogP contribution in [-0.4, -0.2) is 62.9 Å². The number of rotatable bonds is 10. The van der Waals surface area contributed by atoms with Crippen molar-refractivity contribution in [2.45, 2.75) is 12.5 Å². The second-order valence-electron chi connectivity index (χ2n) is 3.00. The minimum Gasteiger partial charge on any atom is -0.396 e. The molecular weight excluding hydrogens is 186 g/mol. The third kappa shape index (κ3) is 9.88. The fourth-order valence-electron chi connectivity index (χ4n) is 0.893. The van der Waals surface area contributed by atoms with E-state index >= 15 is 0 Å². The maximum Gasteiger partial charge on any atom is 0.0897 e. The predicted octanol–water partition coefficient (Wildman–Crippen LogP) is -1.02. The number of aliphatic hydroxyl groups excluding tert-OH is 2. The first-order chi connectivity index (χ1) is 6.81. The summed E-state index contributed by atoms with van der Waals surface area (Å²) in [5, 5.41) is 20.9. The van der Waals surface area contributed by atoms with Crippen LogP contribution in [0, 0.1) is 0 Å². The lowest BCUT2D eigenvalue weighted by atomic mass is 10.3. The first-order valence-electron chi connectivity index (χ1n) is 4.87. The molecule has 0 aliphatic carbocycles. The Labute approximate surface area is 85.0 Å². The topological polar surface area (TPSA) is 71.0 Å². The molecule has 0 fully saturated rings. The SMILES string of the molecule is COCCOCC(O)CNCCCO. The molecule has 0 bridgehead atoms. The van der Waals surface area contributed by atoms with E-state index in [1.54, 1.807) is 7.11 Å². The van der Waals surface area contributed by atoms with Crippen molar-refractivity contribution in [3.63, 3.8) is 0 Å². The highest BCUT2D eigenvalue weighted by Gasteiger charge is 2.02. The van der Waals surface area contributed by atoms with Gasteiger partial charge in [0.25, 0.3) is 0 Å². The van der Waals surface area contributed by atoms with Crippen LogP contribution in [-0.2, 0) is 9.47 Å². The van der Waals surface area contributed by atoms with Gasteiger partial charge in [-0.25, -0.2) is 0 Å². The van der Waals surface area contributed by atoms with E-state index in [0.717, 1.165) is 0 Å². The first kappa shape index (κ1) is 13.8. The van der Waals surface area contributed by atoms with Crippen LogP contribution < -0.4 is 5.32 Å². The fraction of sp³-hybridized carbons (Fsp3) is 1.00. The van der Waals surface area contributed by atoms with Gasteiger partial charge in [-0.2, -0.15) is 0 Å². The number of nitrogens with one attached hydrogen (secondary N) is 1. The van der Waals surface area contributed by atoms with Crippen molar-refractivity contribution < 1.29 is 19.7 Å². The summed E-state index contributed by atoms with van der Waals surface area (Å²) in [6, 6.07) is 0. The Hall–Kier alpha value is -0.200. The lowest BCUT2D eigenvalue weighted by molar-refractivity contribution is 0.0138. The van der Waals surface area contributed by atoms with Crippen LogP contribution in [0.1, 0.15) is 6.42 Å². The number of hydrogen-bond acceptors (Lipinski definition) is 5. The van der Waals surface area contributed by atoms with Gasteiger partial charge in [-0.05, 0) is 13.0 Å². The largest absolute Gasteiger partial charge is 0.396 e. The maximum atomic E-state index is 9.36. The molecule has 86 valence electrons. The summed E-state index contributed by atoms with van der Waals surface area (Å²) >= 11 is 0. The van der Waals surface area contributed by atoms with Crippen LogP contribution in [0.5, 0.6) is 0 Å². The monoisotopic (exact) mass is 207 g/mol. The van der Waals surface area contributed by atoms with Gasteiger partial charge < -0.3 is 25.0 Å². The average molecular weight is 207 g/mol. The lowest BCUT2D eigenvalue weighted by Crippen LogP contribution is -2.31. The van der Waals surface area contributed by atoms with Gasteiger partial charge in [0.2, 0.25) is 0 Å². The third-order valence-electron chi connectivity index (χ3n) is 1.63. The van der Waals surface area contributed by atoms with Gasteiger partial charge in [0, 0.05) is 20.3 Å². The third-order valence-corrected chi connectivity index (χ3v) is 1.63. The molecule has 0 saturated heterocycles. The van der Waals surface area contributed by atoms with Crippen LogP contribution in [0.15, 0.2) is 0 Å². The summed E-state index contributed by atoms with van der Waals surface area (Å²) < 4.78 is 9.92. The van der Waals surface area contributed by atoms with Crippen LogP contribution in [0.4, 0.5) is 0 Å². The Morgan fingerprint density at radius 1 is 1.36 bits per heavy atom. The molecule has 0 aromatic rings. The number of methoxy groups -OCH3 is 1. The van der Waals surface area contributed by atoms with Gasteiger partial charge in [-0.3, -0.25) is 0 Å². The minimum atomic E-state index is -0.495. The van der Waals surface area contributed by atoms with Crippen LogP contribution >= 0.6 is 0 Å². The maximum absolute atomic E-state index is 9.36. The molecule has 0 amide bonds. The quantitative estimate of drug-likeness (QED) is 0.400. The van der Waals surface area contributed by atoms with E-state index in [0.29, 0.717) is 39.3 Å². The summed E-state index contributed by atoms with van der Waals surface area (Å²) in [5.41, 5.74) is 0. The molecule has 1 atom stereocenters. The van der Waals surface area contributed by atoms with Crippen molar-refractivity contribution in [2.24, 2.45) is 0 Å². The molecule has 5 nitrogen and oxygen atoms in total. The Bertz CT molecular complexity index is 101. The highest BCUT2D eigenvalue weighted by molar-refractivity contribution is 4.57. The summed E-state index contributed by atoms with van der Waals surface area (Å²) in [6.45, 7) is 2.75.